The molecule has 2 aliphatic rings. The van der Waals surface area contributed by atoms with Gasteiger partial charge in [0.25, 0.3) is 0 Å². The van der Waals surface area contributed by atoms with Gasteiger partial charge in [-0.2, -0.15) is 0 Å². The fraction of sp³-hybridized carbons (Fsp3) is 0. The van der Waals surface area contributed by atoms with Crippen LogP contribution in [0.5, 0.6) is 0 Å². The molecule has 5 aromatic rings. The molecule has 138 valence electrons. The number of hydrogen-bond acceptors (Lipinski definition) is 1. The average molecular weight is 379 g/mol. The molecular formula is C28H18BN. The largest absolute Gasteiger partial charge is 0.376 e. The Morgan fingerprint density at radius 3 is 1.70 bits per heavy atom. The van der Waals surface area contributed by atoms with Crippen molar-refractivity contribution in [3.8, 4) is 22.3 Å². The number of rotatable bonds is 0. The molecule has 0 unspecified atom stereocenters. The zero-order chi connectivity index (χ0) is 19.7. The van der Waals surface area contributed by atoms with E-state index >= 15 is 0 Å². The quantitative estimate of drug-likeness (QED) is 0.310. The molecule has 0 fully saturated rings. The topological polar surface area (TPSA) is 3.24 Å². The lowest BCUT2D eigenvalue weighted by Gasteiger charge is -2.43. The first kappa shape index (κ1) is 16.1. The zero-order valence-corrected chi connectivity index (χ0v) is 16.4. The summed E-state index contributed by atoms with van der Waals surface area (Å²) < 4.78 is 0. The molecule has 0 aliphatic carbocycles. The number of para-hydroxylation sites is 2. The van der Waals surface area contributed by atoms with Crippen molar-refractivity contribution in [1.29, 1.82) is 0 Å². The van der Waals surface area contributed by atoms with Crippen LogP contribution < -0.4 is 15.7 Å². The number of anilines is 2. The van der Waals surface area contributed by atoms with Gasteiger partial charge in [-0.3, -0.25) is 0 Å². The molecule has 2 aliphatic heterocycles. The molecule has 7 rings (SSSR count). The summed E-state index contributed by atoms with van der Waals surface area (Å²) in [7, 11) is 0. The minimum Gasteiger partial charge on any atom is -0.376 e. The van der Waals surface area contributed by atoms with Crippen molar-refractivity contribution in [2.45, 2.75) is 0 Å². The van der Waals surface area contributed by atoms with Crippen LogP contribution in [0.1, 0.15) is 0 Å². The number of hydrogen-bond donors (Lipinski definition) is 0. The van der Waals surface area contributed by atoms with E-state index in [0.717, 1.165) is 0 Å². The van der Waals surface area contributed by atoms with Crippen molar-refractivity contribution in [3.05, 3.63) is 109 Å². The summed E-state index contributed by atoms with van der Waals surface area (Å²) in [5.74, 6) is 0. The van der Waals surface area contributed by atoms with Gasteiger partial charge >= 0.3 is 6.85 Å². The van der Waals surface area contributed by atoms with Gasteiger partial charge in [-0.15, -0.1) is 0 Å². The van der Waals surface area contributed by atoms with E-state index in [9.17, 15) is 0 Å². The summed E-state index contributed by atoms with van der Waals surface area (Å²) >= 11 is 0. The third kappa shape index (κ3) is 2.03. The van der Waals surface area contributed by atoms with Gasteiger partial charge in [0.15, 0.2) is 0 Å². The molecule has 2 heterocycles. The van der Waals surface area contributed by atoms with Gasteiger partial charge in [-0.25, -0.2) is 0 Å². The Morgan fingerprint density at radius 2 is 0.967 bits per heavy atom. The first-order valence-electron chi connectivity index (χ1n) is 10.5. The van der Waals surface area contributed by atoms with E-state index in [0.29, 0.717) is 0 Å². The Kier molecular flexibility index (Phi) is 3.14. The minimum atomic E-state index is 0.172. The Morgan fingerprint density at radius 1 is 0.433 bits per heavy atom. The van der Waals surface area contributed by atoms with Crippen LogP contribution in [0.4, 0.5) is 11.4 Å². The highest BCUT2D eigenvalue weighted by Gasteiger charge is 2.41. The molecule has 5 aromatic carbocycles. The maximum Gasteiger partial charge on any atom is 0.329 e. The van der Waals surface area contributed by atoms with Crippen LogP contribution >= 0.6 is 0 Å². The first-order valence-corrected chi connectivity index (χ1v) is 10.5. The Labute approximate surface area is 176 Å². The van der Waals surface area contributed by atoms with E-state index in [4.69, 9.17) is 0 Å². The van der Waals surface area contributed by atoms with Crippen molar-refractivity contribution >= 4 is 39.9 Å². The van der Waals surface area contributed by atoms with Crippen molar-refractivity contribution in [3.63, 3.8) is 0 Å². The second kappa shape index (κ2) is 5.87. The maximum absolute atomic E-state index is 2.55. The summed E-state index contributed by atoms with van der Waals surface area (Å²) in [4.78, 5) is 2.55. The minimum absolute atomic E-state index is 0.172. The molecule has 2 heteroatoms. The molecule has 0 bridgehead atoms. The highest BCUT2D eigenvalue weighted by Crippen LogP contribution is 2.45. The lowest BCUT2D eigenvalue weighted by molar-refractivity contribution is 1.35. The molecular weight excluding hydrogens is 361 g/mol. The van der Waals surface area contributed by atoms with Crippen molar-refractivity contribution < 1.29 is 0 Å². The standard InChI is InChI=1S/C28H18BN/c1-2-10-20-18-26-24(17-19(20)9-1)23-13-5-8-16-28(23)30-27-15-7-4-12-22(27)21-11-3-6-14-25(21)29(26)30/h1-18H. The summed E-state index contributed by atoms with van der Waals surface area (Å²) in [5.41, 5.74) is 10.6. The van der Waals surface area contributed by atoms with E-state index in [2.05, 4.69) is 114 Å². The molecule has 30 heavy (non-hydrogen) atoms. The van der Waals surface area contributed by atoms with Gasteiger partial charge < -0.3 is 4.81 Å². The summed E-state index contributed by atoms with van der Waals surface area (Å²) in [6.07, 6.45) is 0. The third-order valence-electron chi connectivity index (χ3n) is 6.63. The molecule has 0 radical (unpaired) electrons. The summed E-state index contributed by atoms with van der Waals surface area (Å²) in [6.45, 7) is 0.172. The second-order valence-electron chi connectivity index (χ2n) is 8.18. The highest BCUT2D eigenvalue weighted by molar-refractivity contribution is 6.92. The van der Waals surface area contributed by atoms with E-state index in [1.807, 2.05) is 0 Å². The highest BCUT2D eigenvalue weighted by atomic mass is 15.1. The van der Waals surface area contributed by atoms with E-state index in [-0.39, 0.29) is 6.85 Å². The van der Waals surface area contributed by atoms with Gasteiger partial charge in [0.2, 0.25) is 0 Å². The SMILES string of the molecule is c1ccc2c(c1)B1c3cc4ccccc4cc3-c3ccccc3N1c1ccccc1-2. The van der Waals surface area contributed by atoms with Gasteiger partial charge in [-0.05, 0) is 51.0 Å². The summed E-state index contributed by atoms with van der Waals surface area (Å²) in [5, 5.41) is 2.59. The van der Waals surface area contributed by atoms with E-state index in [1.165, 1.54) is 55.3 Å². The van der Waals surface area contributed by atoms with Crippen LogP contribution in [0.25, 0.3) is 33.0 Å². The maximum atomic E-state index is 2.55. The van der Waals surface area contributed by atoms with Crippen LogP contribution in [0, 0.1) is 0 Å². The van der Waals surface area contributed by atoms with Gasteiger partial charge in [-0.1, -0.05) is 91.0 Å². The zero-order valence-electron chi connectivity index (χ0n) is 16.4. The monoisotopic (exact) mass is 379 g/mol. The molecule has 0 aromatic heterocycles. The van der Waals surface area contributed by atoms with Crippen LogP contribution in [-0.4, -0.2) is 6.85 Å². The average Bonchev–Trinajstić information content (AvgIpc) is 2.82. The Balaban J connectivity index is 1.65. The lowest BCUT2D eigenvalue weighted by Crippen LogP contribution is -2.59. The van der Waals surface area contributed by atoms with E-state index in [1.54, 1.807) is 0 Å². The first-order chi connectivity index (χ1) is 14.9. The lowest BCUT2D eigenvalue weighted by atomic mass is 9.43. The van der Waals surface area contributed by atoms with Crippen LogP contribution in [-0.2, 0) is 0 Å². The fourth-order valence-corrected chi connectivity index (χ4v) is 5.37. The third-order valence-corrected chi connectivity index (χ3v) is 6.63. The molecule has 0 saturated carbocycles. The van der Waals surface area contributed by atoms with Gasteiger partial charge in [0.1, 0.15) is 0 Å². The predicted octanol–water partition coefficient (Wildman–Crippen LogP) is 5.74. The molecule has 0 saturated heterocycles. The molecule has 0 atom stereocenters. The molecule has 0 amide bonds. The van der Waals surface area contributed by atoms with Crippen molar-refractivity contribution in [2.24, 2.45) is 0 Å². The van der Waals surface area contributed by atoms with E-state index < -0.39 is 0 Å². The second-order valence-corrected chi connectivity index (χ2v) is 8.18. The van der Waals surface area contributed by atoms with Gasteiger partial charge in [0.05, 0.1) is 0 Å². The summed E-state index contributed by atoms with van der Waals surface area (Å²) in [6, 6.07) is 40.1. The number of nitrogens with zero attached hydrogens (tertiary/aromatic N) is 1. The predicted molar refractivity (Wildman–Crippen MR) is 128 cm³/mol. The molecule has 0 N–H and O–H groups in total. The van der Waals surface area contributed by atoms with Crippen LogP contribution in [0.2, 0.25) is 0 Å². The Hall–Kier alpha value is -3.78. The smallest absolute Gasteiger partial charge is 0.329 e. The van der Waals surface area contributed by atoms with Gasteiger partial charge in [0, 0.05) is 22.5 Å². The molecule has 1 nitrogen and oxygen atoms in total. The van der Waals surface area contributed by atoms with Crippen molar-refractivity contribution in [2.75, 3.05) is 4.81 Å². The van der Waals surface area contributed by atoms with Crippen molar-refractivity contribution in [1.82, 2.24) is 0 Å². The Bertz CT molecular complexity index is 1470. The fourth-order valence-electron chi connectivity index (χ4n) is 5.37. The number of fused-ring (bicyclic) bond motifs is 12. The molecule has 0 spiro atoms. The van der Waals surface area contributed by atoms with Crippen LogP contribution in [0.15, 0.2) is 109 Å². The normalized spacial score (nSPS) is 13.2. The number of benzene rings is 5. The van der Waals surface area contributed by atoms with Crippen LogP contribution in [0.3, 0.4) is 0 Å².